The molecule has 1 aliphatic carbocycles. The summed E-state index contributed by atoms with van der Waals surface area (Å²) in [4.78, 5) is 40.6. The zero-order valence-electron chi connectivity index (χ0n) is 15.4. The van der Waals surface area contributed by atoms with Crippen molar-refractivity contribution >= 4 is 28.4 Å². The number of ether oxygens (including phenoxy) is 1. The fraction of sp³-hybridized carbons (Fsp3) is 0.500. The number of H-pyrrole nitrogens is 1. The predicted octanol–water partition coefficient (Wildman–Crippen LogP) is 3.75. The van der Waals surface area contributed by atoms with E-state index >= 15 is 0 Å². The molecular formula is C22H25NO4. The highest BCUT2D eigenvalue weighted by atomic mass is 16.6. The molecule has 1 aromatic heterocycles. The van der Waals surface area contributed by atoms with E-state index in [-0.39, 0.29) is 18.0 Å². The largest absolute Gasteiger partial charge is 0.453 e. The molecule has 4 rings (SSSR count). The van der Waals surface area contributed by atoms with Crippen molar-refractivity contribution in [3.63, 3.8) is 0 Å². The Kier molecular flexibility index (Phi) is 5.10. The first kappa shape index (κ1) is 18.0. The summed E-state index contributed by atoms with van der Waals surface area (Å²) in [5, 5.41) is 1.07. The number of para-hydroxylation sites is 1. The number of ketones is 2. The van der Waals surface area contributed by atoms with Crippen LogP contribution in [0.1, 0.15) is 50.5 Å². The Balaban J connectivity index is 1.37. The summed E-state index contributed by atoms with van der Waals surface area (Å²) in [5.41, 5.74) is 2.04. The molecule has 1 saturated carbocycles. The number of carbonyl (C=O) groups excluding carboxylic acids is 3. The van der Waals surface area contributed by atoms with Crippen molar-refractivity contribution in [2.24, 2.45) is 11.8 Å². The van der Waals surface area contributed by atoms with Crippen LogP contribution >= 0.6 is 0 Å². The first-order chi connectivity index (χ1) is 13.1. The highest BCUT2D eigenvalue weighted by molar-refractivity contribution is 6.21. The molecule has 142 valence electrons. The number of rotatable bonds is 6. The van der Waals surface area contributed by atoms with Crippen molar-refractivity contribution in [3.05, 3.63) is 36.0 Å². The average Bonchev–Trinajstić information content (AvgIpc) is 3.21. The molecule has 0 spiro atoms. The number of nitrogens with one attached hydrogen (secondary N) is 1. The number of hydrogen-bond donors (Lipinski definition) is 1. The van der Waals surface area contributed by atoms with Crippen molar-refractivity contribution in [2.75, 3.05) is 0 Å². The Morgan fingerprint density at radius 2 is 1.89 bits per heavy atom. The maximum atomic E-state index is 12.6. The lowest BCUT2D eigenvalue weighted by Crippen LogP contribution is -2.29. The second kappa shape index (κ2) is 7.67. The molecule has 2 aliphatic rings. The molecule has 5 heteroatoms. The second-order valence-electron chi connectivity index (χ2n) is 7.83. The maximum absolute atomic E-state index is 12.6. The molecule has 2 aromatic rings. The van der Waals surface area contributed by atoms with Gasteiger partial charge in [-0.05, 0) is 30.4 Å². The number of Topliss-reactive ketones (excluding diaryl/α,β-unsaturated/α-hetero) is 2. The molecule has 2 fully saturated rings. The quantitative estimate of drug-likeness (QED) is 0.623. The van der Waals surface area contributed by atoms with Crippen LogP contribution in [0.25, 0.3) is 10.9 Å². The van der Waals surface area contributed by atoms with Crippen LogP contribution in [-0.4, -0.2) is 28.6 Å². The molecule has 5 nitrogen and oxygen atoms in total. The van der Waals surface area contributed by atoms with Crippen LogP contribution < -0.4 is 0 Å². The highest BCUT2D eigenvalue weighted by Crippen LogP contribution is 2.32. The SMILES string of the molecule is O=C(CCc1c[nH]c2ccccc12)C1C(=O)OC(CC2CCCCC2)C1=O. The minimum atomic E-state index is -1.22. The van der Waals surface area contributed by atoms with E-state index in [0.717, 1.165) is 29.3 Å². The highest BCUT2D eigenvalue weighted by Gasteiger charge is 2.47. The molecule has 0 radical (unpaired) electrons. The van der Waals surface area contributed by atoms with Crippen LogP contribution in [0, 0.1) is 11.8 Å². The van der Waals surface area contributed by atoms with E-state index in [0.29, 0.717) is 18.8 Å². The van der Waals surface area contributed by atoms with E-state index in [2.05, 4.69) is 4.98 Å². The molecule has 2 unspecified atom stereocenters. The number of cyclic esters (lactones) is 1. The smallest absolute Gasteiger partial charge is 0.325 e. The van der Waals surface area contributed by atoms with Gasteiger partial charge in [-0.3, -0.25) is 14.4 Å². The molecule has 1 N–H and O–H groups in total. The Labute approximate surface area is 158 Å². The number of carbonyl (C=O) groups is 3. The molecule has 1 aliphatic heterocycles. The number of fused-ring (bicyclic) bond motifs is 1. The summed E-state index contributed by atoms with van der Waals surface area (Å²) in [7, 11) is 0. The fourth-order valence-corrected chi connectivity index (χ4v) is 4.49. The number of esters is 1. The Hall–Kier alpha value is -2.43. The van der Waals surface area contributed by atoms with Crippen molar-refractivity contribution in [1.29, 1.82) is 0 Å². The van der Waals surface area contributed by atoms with Crippen LogP contribution in [0.5, 0.6) is 0 Å². The Morgan fingerprint density at radius 1 is 1.11 bits per heavy atom. The normalized spacial score (nSPS) is 23.7. The number of aromatic nitrogens is 1. The van der Waals surface area contributed by atoms with Gasteiger partial charge in [-0.15, -0.1) is 0 Å². The minimum absolute atomic E-state index is 0.170. The van der Waals surface area contributed by atoms with Gasteiger partial charge in [0.15, 0.2) is 23.6 Å². The minimum Gasteiger partial charge on any atom is -0.453 e. The predicted molar refractivity (Wildman–Crippen MR) is 101 cm³/mol. The molecule has 2 heterocycles. The lowest BCUT2D eigenvalue weighted by Gasteiger charge is -2.23. The fourth-order valence-electron chi connectivity index (χ4n) is 4.49. The van der Waals surface area contributed by atoms with Crippen LogP contribution in [0.4, 0.5) is 0 Å². The summed E-state index contributed by atoms with van der Waals surface area (Å²) < 4.78 is 5.30. The molecular weight excluding hydrogens is 342 g/mol. The Morgan fingerprint density at radius 3 is 2.70 bits per heavy atom. The van der Waals surface area contributed by atoms with Gasteiger partial charge < -0.3 is 9.72 Å². The summed E-state index contributed by atoms with van der Waals surface area (Å²) in [6.07, 6.45) is 8.18. The average molecular weight is 367 g/mol. The zero-order valence-corrected chi connectivity index (χ0v) is 15.4. The number of aryl methyl sites for hydroxylation is 1. The molecule has 0 bridgehead atoms. The van der Waals surface area contributed by atoms with Gasteiger partial charge in [-0.2, -0.15) is 0 Å². The van der Waals surface area contributed by atoms with Gasteiger partial charge in [-0.25, -0.2) is 0 Å². The second-order valence-corrected chi connectivity index (χ2v) is 7.83. The first-order valence-electron chi connectivity index (χ1n) is 9.95. The first-order valence-corrected chi connectivity index (χ1v) is 9.95. The van der Waals surface area contributed by atoms with Crippen molar-refractivity contribution < 1.29 is 19.1 Å². The van der Waals surface area contributed by atoms with Crippen molar-refractivity contribution in [1.82, 2.24) is 4.98 Å². The summed E-state index contributed by atoms with van der Waals surface area (Å²) in [5.74, 6) is -2.08. The lowest BCUT2D eigenvalue weighted by atomic mass is 9.83. The third kappa shape index (κ3) is 3.68. The summed E-state index contributed by atoms with van der Waals surface area (Å²) >= 11 is 0. The van der Waals surface area contributed by atoms with Gasteiger partial charge >= 0.3 is 5.97 Å². The summed E-state index contributed by atoms with van der Waals surface area (Å²) in [6, 6.07) is 7.89. The topological polar surface area (TPSA) is 76.2 Å². The number of hydrogen-bond acceptors (Lipinski definition) is 4. The van der Waals surface area contributed by atoms with Gasteiger partial charge in [0.25, 0.3) is 0 Å². The lowest BCUT2D eigenvalue weighted by molar-refractivity contribution is -0.147. The zero-order chi connectivity index (χ0) is 18.8. The number of aromatic amines is 1. The third-order valence-electron chi connectivity index (χ3n) is 6.01. The van der Waals surface area contributed by atoms with Gasteiger partial charge in [0, 0.05) is 23.5 Å². The van der Waals surface area contributed by atoms with Gasteiger partial charge in [0.1, 0.15) is 0 Å². The summed E-state index contributed by atoms with van der Waals surface area (Å²) in [6.45, 7) is 0. The van der Waals surface area contributed by atoms with Gasteiger partial charge in [0.05, 0.1) is 0 Å². The van der Waals surface area contributed by atoms with Crippen molar-refractivity contribution in [2.45, 2.75) is 57.5 Å². The Bertz CT molecular complexity index is 862. The molecule has 0 amide bonds. The van der Waals surface area contributed by atoms with E-state index in [9.17, 15) is 14.4 Å². The number of benzene rings is 1. The van der Waals surface area contributed by atoms with Crippen LogP contribution in [0.15, 0.2) is 30.5 Å². The molecule has 27 heavy (non-hydrogen) atoms. The van der Waals surface area contributed by atoms with Crippen LogP contribution in [0.2, 0.25) is 0 Å². The van der Waals surface area contributed by atoms with E-state index in [4.69, 9.17) is 4.74 Å². The monoisotopic (exact) mass is 367 g/mol. The standard InChI is InChI=1S/C22H25NO4/c24-18(11-10-15-13-23-17-9-5-4-8-16(15)17)20-21(25)19(27-22(20)26)12-14-6-2-1-3-7-14/h4-5,8-9,13-14,19-20,23H,1-3,6-7,10-12H2. The molecule has 1 saturated heterocycles. The molecule has 2 atom stereocenters. The van der Waals surface area contributed by atoms with E-state index in [1.165, 1.54) is 19.3 Å². The third-order valence-corrected chi connectivity index (χ3v) is 6.01. The van der Waals surface area contributed by atoms with Gasteiger partial charge in [-0.1, -0.05) is 50.3 Å². The van der Waals surface area contributed by atoms with Crippen molar-refractivity contribution in [3.8, 4) is 0 Å². The van der Waals surface area contributed by atoms with Crippen LogP contribution in [-0.2, 0) is 25.5 Å². The van der Waals surface area contributed by atoms with E-state index in [1.807, 2.05) is 30.5 Å². The molecule has 1 aromatic carbocycles. The van der Waals surface area contributed by atoms with E-state index < -0.39 is 18.0 Å². The maximum Gasteiger partial charge on any atom is 0.325 e. The van der Waals surface area contributed by atoms with Gasteiger partial charge in [0.2, 0.25) is 0 Å². The van der Waals surface area contributed by atoms with E-state index in [1.54, 1.807) is 0 Å². The van der Waals surface area contributed by atoms with Crippen LogP contribution in [0.3, 0.4) is 0 Å².